The van der Waals surface area contributed by atoms with E-state index in [0.29, 0.717) is 12.2 Å². The van der Waals surface area contributed by atoms with Crippen LogP contribution in [0, 0.1) is 10.1 Å². The first-order valence-electron chi connectivity index (χ1n) is 8.63. The van der Waals surface area contributed by atoms with Crippen LogP contribution < -0.4 is 10.6 Å². The molecule has 2 rings (SSSR count). The Kier molecular flexibility index (Phi) is 7.11. The first kappa shape index (κ1) is 19.4. The van der Waals surface area contributed by atoms with Crippen LogP contribution >= 0.6 is 0 Å². The summed E-state index contributed by atoms with van der Waals surface area (Å²) in [6.45, 7) is 6.34. The second-order valence-electron chi connectivity index (χ2n) is 5.79. The summed E-state index contributed by atoms with van der Waals surface area (Å²) < 4.78 is 0. The van der Waals surface area contributed by atoms with Gasteiger partial charge in [-0.3, -0.25) is 15.0 Å². The van der Waals surface area contributed by atoms with Crippen LogP contribution in [-0.4, -0.2) is 35.5 Å². The lowest BCUT2D eigenvalue weighted by atomic mass is 10.1. The van der Waals surface area contributed by atoms with Crippen LogP contribution in [0.4, 0.5) is 16.2 Å². The van der Waals surface area contributed by atoms with E-state index < -0.39 is 11.0 Å². The van der Waals surface area contributed by atoms with Gasteiger partial charge in [-0.1, -0.05) is 50.2 Å². The molecule has 0 aliphatic carbocycles. The molecule has 2 amide bonds. The number of benzene rings is 2. The molecular formula is C19H24N4O3. The third-order valence-electron chi connectivity index (χ3n) is 4.21. The van der Waals surface area contributed by atoms with Gasteiger partial charge in [0.25, 0.3) is 5.69 Å². The molecule has 0 aliphatic rings. The largest absolute Gasteiger partial charge is 0.336 e. The first-order valence-corrected chi connectivity index (χ1v) is 8.63. The monoisotopic (exact) mass is 356 g/mol. The van der Waals surface area contributed by atoms with Gasteiger partial charge in [0.1, 0.15) is 0 Å². The van der Waals surface area contributed by atoms with Gasteiger partial charge in [0, 0.05) is 24.4 Å². The molecular weight excluding hydrogens is 332 g/mol. The summed E-state index contributed by atoms with van der Waals surface area (Å²) in [5.74, 6) is 0. The Bertz CT molecular complexity index is 733. The van der Waals surface area contributed by atoms with Crippen molar-refractivity contribution < 1.29 is 9.72 Å². The van der Waals surface area contributed by atoms with E-state index in [1.165, 1.54) is 18.2 Å². The number of anilines is 1. The topological polar surface area (TPSA) is 87.5 Å². The summed E-state index contributed by atoms with van der Waals surface area (Å²) in [5, 5.41) is 16.3. The quantitative estimate of drug-likeness (QED) is 0.556. The van der Waals surface area contributed by atoms with Crippen LogP contribution in [0.5, 0.6) is 0 Å². The molecule has 1 atom stereocenters. The number of urea groups is 1. The molecule has 2 N–H and O–H groups in total. The Morgan fingerprint density at radius 3 is 2.42 bits per heavy atom. The average molecular weight is 356 g/mol. The predicted octanol–water partition coefficient (Wildman–Crippen LogP) is 3.80. The number of nitrogens with zero attached hydrogens (tertiary/aromatic N) is 2. The van der Waals surface area contributed by atoms with E-state index in [-0.39, 0.29) is 11.7 Å². The third kappa shape index (κ3) is 5.29. The van der Waals surface area contributed by atoms with E-state index in [9.17, 15) is 14.9 Å². The number of nitrogens with one attached hydrogen (secondary N) is 2. The van der Waals surface area contributed by atoms with E-state index in [0.717, 1.165) is 18.7 Å². The van der Waals surface area contributed by atoms with Gasteiger partial charge in [0.15, 0.2) is 0 Å². The number of likely N-dealkylation sites (N-methyl/N-ethyl adjacent to an activating group) is 1. The lowest BCUT2D eigenvalue weighted by Gasteiger charge is -2.30. The minimum atomic E-state index is -0.491. The molecule has 0 spiro atoms. The van der Waals surface area contributed by atoms with Crippen LogP contribution in [-0.2, 0) is 0 Å². The van der Waals surface area contributed by atoms with Gasteiger partial charge in [-0.25, -0.2) is 4.79 Å². The highest BCUT2D eigenvalue weighted by atomic mass is 16.6. The molecule has 2 aromatic rings. The molecule has 0 radical (unpaired) electrons. The van der Waals surface area contributed by atoms with Crippen molar-refractivity contribution in [2.24, 2.45) is 0 Å². The number of amides is 2. The first-order chi connectivity index (χ1) is 12.5. The van der Waals surface area contributed by atoms with Crippen molar-refractivity contribution >= 4 is 17.4 Å². The van der Waals surface area contributed by atoms with Gasteiger partial charge < -0.3 is 10.6 Å². The van der Waals surface area contributed by atoms with Gasteiger partial charge in [0.05, 0.1) is 11.0 Å². The fraction of sp³-hybridized carbons (Fsp3) is 0.316. The zero-order chi connectivity index (χ0) is 18.9. The van der Waals surface area contributed by atoms with E-state index in [4.69, 9.17) is 0 Å². The Morgan fingerprint density at radius 2 is 1.81 bits per heavy atom. The molecule has 7 nitrogen and oxygen atoms in total. The molecule has 0 heterocycles. The summed E-state index contributed by atoms with van der Waals surface area (Å²) in [4.78, 5) is 24.8. The number of carbonyl (C=O) groups excluding carboxylic acids is 1. The van der Waals surface area contributed by atoms with Gasteiger partial charge >= 0.3 is 6.03 Å². The van der Waals surface area contributed by atoms with Crippen molar-refractivity contribution in [3.05, 3.63) is 70.3 Å². The highest BCUT2D eigenvalue weighted by Crippen LogP contribution is 2.20. The summed E-state index contributed by atoms with van der Waals surface area (Å²) in [5.41, 5.74) is 1.45. The molecule has 2 aromatic carbocycles. The Labute approximate surface area is 153 Å². The zero-order valence-electron chi connectivity index (χ0n) is 15.0. The van der Waals surface area contributed by atoms with Gasteiger partial charge in [-0.15, -0.1) is 0 Å². The van der Waals surface area contributed by atoms with E-state index in [1.807, 2.05) is 30.3 Å². The maximum atomic E-state index is 12.2. The SMILES string of the molecule is CCN(CC)C(CNC(=O)Nc1cccc([N+](=O)[O-])c1)c1ccccc1. The molecule has 0 fully saturated rings. The van der Waals surface area contributed by atoms with Crippen molar-refractivity contribution in [1.82, 2.24) is 10.2 Å². The van der Waals surface area contributed by atoms with Crippen molar-refractivity contribution in [3.63, 3.8) is 0 Å². The van der Waals surface area contributed by atoms with Crippen LogP contribution in [0.3, 0.4) is 0 Å². The number of carbonyl (C=O) groups is 1. The molecule has 0 saturated carbocycles. The standard InChI is InChI=1S/C19H24N4O3/c1-3-22(4-2)18(15-9-6-5-7-10-15)14-20-19(24)21-16-11-8-12-17(13-16)23(25)26/h5-13,18H,3-4,14H2,1-2H3,(H2,20,21,24). The number of hydrogen-bond acceptors (Lipinski definition) is 4. The minimum Gasteiger partial charge on any atom is -0.336 e. The van der Waals surface area contributed by atoms with E-state index >= 15 is 0 Å². The second kappa shape index (κ2) is 9.53. The molecule has 0 bridgehead atoms. The second-order valence-corrected chi connectivity index (χ2v) is 5.79. The van der Waals surface area contributed by atoms with Crippen molar-refractivity contribution in [2.45, 2.75) is 19.9 Å². The van der Waals surface area contributed by atoms with E-state index in [2.05, 4.69) is 29.4 Å². The molecule has 7 heteroatoms. The summed E-state index contributed by atoms with van der Waals surface area (Å²) >= 11 is 0. The molecule has 0 aliphatic heterocycles. The number of nitro benzene ring substituents is 1. The maximum absolute atomic E-state index is 12.2. The smallest absolute Gasteiger partial charge is 0.319 e. The van der Waals surface area contributed by atoms with Gasteiger partial charge in [-0.2, -0.15) is 0 Å². The van der Waals surface area contributed by atoms with E-state index in [1.54, 1.807) is 6.07 Å². The maximum Gasteiger partial charge on any atom is 0.319 e. The molecule has 26 heavy (non-hydrogen) atoms. The molecule has 0 aromatic heterocycles. The number of nitro groups is 1. The van der Waals surface area contributed by atoms with Crippen molar-refractivity contribution in [2.75, 3.05) is 25.0 Å². The minimum absolute atomic E-state index is 0.0575. The highest BCUT2D eigenvalue weighted by Gasteiger charge is 2.18. The summed E-state index contributed by atoms with van der Waals surface area (Å²) in [6, 6.07) is 15.6. The van der Waals surface area contributed by atoms with Crippen LogP contribution in [0.2, 0.25) is 0 Å². The Hall–Kier alpha value is -2.93. The normalized spacial score (nSPS) is 11.8. The lowest BCUT2D eigenvalue weighted by Crippen LogP contribution is -2.39. The Balaban J connectivity index is 2.02. The molecule has 0 saturated heterocycles. The summed E-state index contributed by atoms with van der Waals surface area (Å²) in [7, 11) is 0. The lowest BCUT2D eigenvalue weighted by molar-refractivity contribution is -0.384. The highest BCUT2D eigenvalue weighted by molar-refractivity contribution is 5.89. The number of rotatable bonds is 8. The van der Waals surface area contributed by atoms with Crippen LogP contribution in [0.25, 0.3) is 0 Å². The average Bonchev–Trinajstić information content (AvgIpc) is 2.66. The van der Waals surface area contributed by atoms with Crippen molar-refractivity contribution in [3.8, 4) is 0 Å². The number of non-ortho nitro benzene ring substituents is 1. The summed E-state index contributed by atoms with van der Waals surface area (Å²) in [6.07, 6.45) is 0. The molecule has 1 unspecified atom stereocenters. The van der Waals surface area contributed by atoms with Crippen molar-refractivity contribution in [1.29, 1.82) is 0 Å². The van der Waals surface area contributed by atoms with Gasteiger partial charge in [0.2, 0.25) is 0 Å². The fourth-order valence-corrected chi connectivity index (χ4v) is 2.86. The zero-order valence-corrected chi connectivity index (χ0v) is 15.0. The van der Waals surface area contributed by atoms with Crippen LogP contribution in [0.1, 0.15) is 25.5 Å². The predicted molar refractivity (Wildman–Crippen MR) is 102 cm³/mol. The third-order valence-corrected chi connectivity index (χ3v) is 4.21. The van der Waals surface area contributed by atoms with Crippen LogP contribution in [0.15, 0.2) is 54.6 Å². The molecule has 138 valence electrons. The van der Waals surface area contributed by atoms with Gasteiger partial charge in [-0.05, 0) is 24.7 Å². The Morgan fingerprint density at radius 1 is 1.12 bits per heavy atom. The fourth-order valence-electron chi connectivity index (χ4n) is 2.86. The number of hydrogen-bond donors (Lipinski definition) is 2.